The average molecular weight is 325 g/mol. The third-order valence-corrected chi connectivity index (χ3v) is 3.77. The van der Waals surface area contributed by atoms with Crippen molar-refractivity contribution in [2.45, 2.75) is 13.5 Å². The molecule has 0 unspecified atom stereocenters. The van der Waals surface area contributed by atoms with Crippen LogP contribution in [0.15, 0.2) is 42.5 Å². The Morgan fingerprint density at radius 2 is 1.90 bits per heavy atom. The van der Waals surface area contributed by atoms with Crippen LogP contribution in [-0.4, -0.2) is 14.7 Å². The van der Waals surface area contributed by atoms with Crippen molar-refractivity contribution in [1.82, 2.24) is 0 Å². The second-order valence-corrected chi connectivity index (χ2v) is 7.07. The van der Waals surface area contributed by atoms with Gasteiger partial charge in [-0.1, -0.05) is 41.4 Å². The first-order valence-electron chi connectivity index (χ1n) is 6.40. The van der Waals surface area contributed by atoms with Gasteiger partial charge in [0.15, 0.2) is 0 Å². The molecule has 0 saturated carbocycles. The van der Waals surface area contributed by atoms with E-state index in [1.807, 2.05) is 25.1 Å². The molecular weight excluding hydrogens is 308 g/mol. The highest BCUT2D eigenvalue weighted by Gasteiger charge is 2.06. The number of hydrogen-bond acceptors (Lipinski definition) is 3. The van der Waals surface area contributed by atoms with Crippen molar-refractivity contribution < 1.29 is 8.42 Å². The molecule has 0 atom stereocenters. The Kier molecular flexibility index (Phi) is 4.75. The molecule has 0 aromatic heterocycles. The summed E-state index contributed by atoms with van der Waals surface area (Å²) in [4.78, 5) is 0. The first-order valence-corrected chi connectivity index (χ1v) is 8.67. The predicted octanol–water partition coefficient (Wildman–Crippen LogP) is 3.63. The third-order valence-electron chi connectivity index (χ3n) is 2.84. The number of rotatable bonds is 5. The summed E-state index contributed by atoms with van der Waals surface area (Å²) >= 11 is 6.13. The van der Waals surface area contributed by atoms with E-state index in [1.54, 1.807) is 18.2 Å². The van der Waals surface area contributed by atoms with Crippen molar-refractivity contribution in [3.05, 3.63) is 58.6 Å². The summed E-state index contributed by atoms with van der Waals surface area (Å²) in [6.45, 7) is 2.65. The van der Waals surface area contributed by atoms with Crippen LogP contribution in [0.25, 0.3) is 0 Å². The Balaban J connectivity index is 2.14. The van der Waals surface area contributed by atoms with E-state index in [4.69, 9.17) is 11.6 Å². The van der Waals surface area contributed by atoms with Crippen LogP contribution >= 0.6 is 11.6 Å². The van der Waals surface area contributed by atoms with Crippen LogP contribution in [0.5, 0.6) is 0 Å². The Bertz CT molecular complexity index is 745. The Labute approximate surface area is 130 Å². The highest BCUT2D eigenvalue weighted by molar-refractivity contribution is 7.92. The molecule has 112 valence electrons. The Hall–Kier alpha value is -1.72. The molecule has 4 nitrogen and oxygen atoms in total. The molecule has 0 saturated heterocycles. The van der Waals surface area contributed by atoms with Crippen molar-refractivity contribution in [2.24, 2.45) is 0 Å². The van der Waals surface area contributed by atoms with E-state index in [0.717, 1.165) is 11.8 Å². The van der Waals surface area contributed by atoms with Gasteiger partial charge in [-0.2, -0.15) is 0 Å². The van der Waals surface area contributed by atoms with Crippen molar-refractivity contribution >= 4 is 33.0 Å². The zero-order valence-electron chi connectivity index (χ0n) is 11.9. The average Bonchev–Trinajstić information content (AvgIpc) is 2.38. The highest BCUT2D eigenvalue weighted by Crippen LogP contribution is 2.26. The molecule has 21 heavy (non-hydrogen) atoms. The first-order chi connectivity index (χ1) is 9.83. The first kappa shape index (κ1) is 15.7. The summed E-state index contributed by atoms with van der Waals surface area (Å²) in [5.41, 5.74) is 3.49. The summed E-state index contributed by atoms with van der Waals surface area (Å²) in [6, 6.07) is 13.1. The van der Waals surface area contributed by atoms with E-state index < -0.39 is 10.0 Å². The summed E-state index contributed by atoms with van der Waals surface area (Å²) in [5.74, 6) is 0. The maximum absolute atomic E-state index is 11.2. The summed E-state index contributed by atoms with van der Waals surface area (Å²) in [5, 5.41) is 3.76. The summed E-state index contributed by atoms with van der Waals surface area (Å²) in [7, 11) is -3.30. The van der Waals surface area contributed by atoms with Crippen LogP contribution in [-0.2, 0) is 16.6 Å². The standard InChI is InChI=1S/C15H17ClN2O2S/c1-11-4-3-5-12(8-11)10-17-15-9-13(6-7-14(15)16)18-21(2,19)20/h3-9,17-18H,10H2,1-2H3. The maximum Gasteiger partial charge on any atom is 0.229 e. The number of aryl methyl sites for hydroxylation is 1. The van der Waals surface area contributed by atoms with Crippen LogP contribution in [0.1, 0.15) is 11.1 Å². The van der Waals surface area contributed by atoms with Gasteiger partial charge >= 0.3 is 0 Å². The molecule has 2 N–H and O–H groups in total. The zero-order valence-corrected chi connectivity index (χ0v) is 13.4. The third kappa shape index (κ3) is 4.95. The number of nitrogens with one attached hydrogen (secondary N) is 2. The number of hydrogen-bond donors (Lipinski definition) is 2. The van der Waals surface area contributed by atoms with Gasteiger partial charge in [-0.25, -0.2) is 8.42 Å². The lowest BCUT2D eigenvalue weighted by Gasteiger charge is -2.11. The maximum atomic E-state index is 11.2. The molecule has 0 amide bonds. The fraction of sp³-hybridized carbons (Fsp3) is 0.200. The Morgan fingerprint density at radius 3 is 2.57 bits per heavy atom. The molecule has 6 heteroatoms. The molecule has 0 heterocycles. The van der Waals surface area contributed by atoms with Gasteiger partial charge in [0.25, 0.3) is 0 Å². The van der Waals surface area contributed by atoms with Crippen molar-refractivity contribution in [2.75, 3.05) is 16.3 Å². The quantitative estimate of drug-likeness (QED) is 0.883. The van der Waals surface area contributed by atoms with Gasteiger partial charge in [-0.3, -0.25) is 4.72 Å². The number of sulfonamides is 1. The lowest BCUT2D eigenvalue weighted by Crippen LogP contribution is -2.10. The van der Waals surface area contributed by atoms with Gasteiger partial charge in [0.05, 0.1) is 22.7 Å². The molecule has 0 spiro atoms. The Morgan fingerprint density at radius 1 is 1.14 bits per heavy atom. The molecule has 2 aromatic rings. The second kappa shape index (κ2) is 6.37. The van der Waals surface area contributed by atoms with Crippen molar-refractivity contribution in [1.29, 1.82) is 0 Å². The molecule has 0 bridgehead atoms. The smallest absolute Gasteiger partial charge is 0.229 e. The van der Waals surface area contributed by atoms with Crippen LogP contribution in [0.2, 0.25) is 5.02 Å². The second-order valence-electron chi connectivity index (χ2n) is 4.91. The van der Waals surface area contributed by atoms with E-state index in [0.29, 0.717) is 22.9 Å². The number of anilines is 2. The monoisotopic (exact) mass is 324 g/mol. The van der Waals surface area contributed by atoms with E-state index in [-0.39, 0.29) is 0 Å². The molecule has 0 aliphatic heterocycles. The van der Waals surface area contributed by atoms with E-state index >= 15 is 0 Å². The van der Waals surface area contributed by atoms with Crippen molar-refractivity contribution in [3.63, 3.8) is 0 Å². The fourth-order valence-corrected chi connectivity index (χ4v) is 2.70. The molecule has 0 radical (unpaired) electrons. The highest BCUT2D eigenvalue weighted by atomic mass is 35.5. The fourth-order valence-electron chi connectivity index (χ4n) is 1.96. The minimum atomic E-state index is -3.30. The van der Waals surface area contributed by atoms with Gasteiger partial charge in [0.2, 0.25) is 10.0 Å². The van der Waals surface area contributed by atoms with Crippen LogP contribution in [0.4, 0.5) is 11.4 Å². The largest absolute Gasteiger partial charge is 0.380 e. The van der Waals surface area contributed by atoms with Crippen LogP contribution < -0.4 is 10.0 Å². The topological polar surface area (TPSA) is 58.2 Å². The molecule has 2 aromatic carbocycles. The van der Waals surface area contributed by atoms with E-state index in [2.05, 4.69) is 16.1 Å². The lowest BCUT2D eigenvalue weighted by atomic mass is 10.1. The number of halogens is 1. The van der Waals surface area contributed by atoms with Crippen LogP contribution in [0.3, 0.4) is 0 Å². The van der Waals surface area contributed by atoms with E-state index in [1.165, 1.54) is 5.56 Å². The molecule has 0 fully saturated rings. The van der Waals surface area contributed by atoms with Crippen molar-refractivity contribution in [3.8, 4) is 0 Å². The minimum Gasteiger partial charge on any atom is -0.380 e. The van der Waals surface area contributed by atoms with Gasteiger partial charge < -0.3 is 5.32 Å². The molecule has 0 aliphatic rings. The minimum absolute atomic E-state index is 0.480. The predicted molar refractivity (Wildman–Crippen MR) is 88.4 cm³/mol. The van der Waals surface area contributed by atoms with Crippen LogP contribution in [0, 0.1) is 6.92 Å². The summed E-state index contributed by atoms with van der Waals surface area (Å²) < 4.78 is 24.9. The van der Waals surface area contributed by atoms with Gasteiger partial charge in [0, 0.05) is 6.54 Å². The molecule has 2 rings (SSSR count). The zero-order chi connectivity index (χ0) is 15.5. The number of benzene rings is 2. The van der Waals surface area contributed by atoms with Gasteiger partial charge in [-0.15, -0.1) is 0 Å². The molecule has 0 aliphatic carbocycles. The van der Waals surface area contributed by atoms with E-state index in [9.17, 15) is 8.42 Å². The normalized spacial score (nSPS) is 11.2. The molecular formula is C15H17ClN2O2S. The van der Waals surface area contributed by atoms with Gasteiger partial charge in [0.1, 0.15) is 0 Å². The SMILES string of the molecule is Cc1cccc(CNc2cc(NS(C)(=O)=O)ccc2Cl)c1. The summed E-state index contributed by atoms with van der Waals surface area (Å²) in [6.07, 6.45) is 1.11. The lowest BCUT2D eigenvalue weighted by molar-refractivity contribution is 0.607. The van der Waals surface area contributed by atoms with Gasteiger partial charge in [-0.05, 0) is 30.7 Å².